The molecule has 1 fully saturated rings. The third-order valence-electron chi connectivity index (χ3n) is 4.30. The van der Waals surface area contributed by atoms with E-state index < -0.39 is 17.5 Å². The van der Waals surface area contributed by atoms with Crippen LogP contribution in [-0.2, 0) is 20.7 Å². The maximum atomic E-state index is 13.6. The Morgan fingerprint density at radius 2 is 1.82 bits per heavy atom. The number of benzene rings is 1. The first-order valence-electron chi connectivity index (χ1n) is 9.41. The number of amides is 3. The van der Waals surface area contributed by atoms with Gasteiger partial charge in [-0.05, 0) is 45.2 Å². The highest BCUT2D eigenvalue weighted by Gasteiger charge is 2.25. The van der Waals surface area contributed by atoms with Gasteiger partial charge in [-0.25, -0.2) is 9.18 Å². The molecule has 0 aliphatic carbocycles. The van der Waals surface area contributed by atoms with Crippen molar-refractivity contribution in [3.8, 4) is 0 Å². The molecule has 1 aromatic carbocycles. The molecule has 0 aromatic heterocycles. The third kappa shape index (κ3) is 7.17. The lowest BCUT2D eigenvalue weighted by Crippen LogP contribution is -2.49. The van der Waals surface area contributed by atoms with Gasteiger partial charge in [-0.2, -0.15) is 0 Å². The molecule has 1 heterocycles. The fourth-order valence-corrected chi connectivity index (χ4v) is 2.94. The van der Waals surface area contributed by atoms with Gasteiger partial charge in [-0.3, -0.25) is 9.59 Å². The van der Waals surface area contributed by atoms with Crippen LogP contribution < -0.4 is 10.6 Å². The summed E-state index contributed by atoms with van der Waals surface area (Å²) in [7, 11) is 0. The molecule has 28 heavy (non-hydrogen) atoms. The maximum absolute atomic E-state index is 13.6. The first-order valence-corrected chi connectivity index (χ1v) is 9.41. The second-order valence-electron chi connectivity index (χ2n) is 7.85. The van der Waals surface area contributed by atoms with E-state index in [1.54, 1.807) is 43.9 Å². The van der Waals surface area contributed by atoms with E-state index in [1.165, 1.54) is 6.07 Å². The summed E-state index contributed by atoms with van der Waals surface area (Å²) in [6.45, 7) is 6.09. The van der Waals surface area contributed by atoms with E-state index in [0.29, 0.717) is 31.5 Å². The predicted molar refractivity (Wildman–Crippen MR) is 102 cm³/mol. The molecule has 1 aliphatic heterocycles. The number of carbonyl (C=O) groups is 3. The Morgan fingerprint density at radius 1 is 1.18 bits per heavy atom. The molecule has 1 aromatic rings. The van der Waals surface area contributed by atoms with Crippen molar-refractivity contribution in [2.75, 3.05) is 19.6 Å². The van der Waals surface area contributed by atoms with Gasteiger partial charge in [-0.1, -0.05) is 18.2 Å². The van der Waals surface area contributed by atoms with Crippen LogP contribution >= 0.6 is 0 Å². The minimum Gasteiger partial charge on any atom is -0.444 e. The quantitative estimate of drug-likeness (QED) is 0.801. The van der Waals surface area contributed by atoms with E-state index in [4.69, 9.17) is 4.74 Å². The van der Waals surface area contributed by atoms with Gasteiger partial charge >= 0.3 is 6.09 Å². The van der Waals surface area contributed by atoms with Gasteiger partial charge in [-0.15, -0.1) is 0 Å². The highest BCUT2D eigenvalue weighted by molar-refractivity contribution is 5.82. The van der Waals surface area contributed by atoms with Gasteiger partial charge < -0.3 is 20.3 Å². The standard InChI is InChI=1S/C20H28FN3O4/c1-20(2,3)28-19(27)22-13-18(26)24-10-8-15(9-11-24)23-17(25)12-14-6-4-5-7-16(14)21/h4-7,15H,8-13H2,1-3H3,(H,22,27)(H,23,25). The van der Waals surface area contributed by atoms with Crippen LogP contribution in [0.2, 0.25) is 0 Å². The first-order chi connectivity index (χ1) is 13.1. The molecule has 0 atom stereocenters. The number of carbonyl (C=O) groups excluding carboxylic acids is 3. The predicted octanol–water partition coefficient (Wildman–Crippen LogP) is 2.00. The van der Waals surface area contributed by atoms with Crippen LogP contribution in [-0.4, -0.2) is 54.1 Å². The van der Waals surface area contributed by atoms with Gasteiger partial charge in [0.2, 0.25) is 11.8 Å². The number of hydrogen-bond acceptors (Lipinski definition) is 4. The molecule has 0 unspecified atom stereocenters. The minimum atomic E-state index is -0.629. The van der Waals surface area contributed by atoms with E-state index in [2.05, 4.69) is 10.6 Å². The molecule has 0 saturated carbocycles. The van der Waals surface area contributed by atoms with Crippen LogP contribution in [0.3, 0.4) is 0 Å². The van der Waals surface area contributed by atoms with E-state index in [9.17, 15) is 18.8 Å². The van der Waals surface area contributed by atoms with Gasteiger partial charge in [0.05, 0.1) is 6.42 Å². The molecular formula is C20H28FN3O4. The molecule has 7 nitrogen and oxygen atoms in total. The summed E-state index contributed by atoms with van der Waals surface area (Å²) in [5, 5.41) is 5.35. The summed E-state index contributed by atoms with van der Waals surface area (Å²) in [5.74, 6) is -0.820. The minimum absolute atomic E-state index is 0.00831. The highest BCUT2D eigenvalue weighted by Crippen LogP contribution is 2.12. The molecular weight excluding hydrogens is 365 g/mol. The van der Waals surface area contributed by atoms with Crippen molar-refractivity contribution in [1.82, 2.24) is 15.5 Å². The monoisotopic (exact) mass is 393 g/mol. The molecule has 2 rings (SSSR count). The van der Waals surface area contributed by atoms with Crippen LogP contribution in [0.15, 0.2) is 24.3 Å². The van der Waals surface area contributed by atoms with Crippen molar-refractivity contribution >= 4 is 17.9 Å². The van der Waals surface area contributed by atoms with Gasteiger partial charge in [0.1, 0.15) is 18.0 Å². The van der Waals surface area contributed by atoms with Crippen molar-refractivity contribution in [3.63, 3.8) is 0 Å². The van der Waals surface area contributed by atoms with Crippen molar-refractivity contribution in [3.05, 3.63) is 35.6 Å². The Hall–Kier alpha value is -2.64. The molecule has 0 spiro atoms. The second kappa shape index (κ2) is 9.52. The summed E-state index contributed by atoms with van der Waals surface area (Å²) < 4.78 is 18.7. The number of ether oxygens (including phenoxy) is 1. The number of likely N-dealkylation sites (tertiary alicyclic amines) is 1. The van der Waals surface area contributed by atoms with E-state index in [-0.39, 0.29) is 30.8 Å². The summed E-state index contributed by atoms with van der Waals surface area (Å²) in [6, 6.07) is 6.15. The van der Waals surface area contributed by atoms with E-state index in [1.807, 2.05) is 0 Å². The number of nitrogens with zero attached hydrogens (tertiary/aromatic N) is 1. The molecule has 1 saturated heterocycles. The third-order valence-corrected chi connectivity index (χ3v) is 4.30. The smallest absolute Gasteiger partial charge is 0.408 e. The Balaban J connectivity index is 1.70. The molecule has 154 valence electrons. The van der Waals surface area contributed by atoms with Crippen LogP contribution in [0.25, 0.3) is 0 Å². The zero-order valence-corrected chi connectivity index (χ0v) is 16.6. The summed E-state index contributed by atoms with van der Waals surface area (Å²) >= 11 is 0. The molecule has 0 radical (unpaired) electrons. The highest BCUT2D eigenvalue weighted by atomic mass is 19.1. The van der Waals surface area contributed by atoms with Crippen molar-refractivity contribution < 1.29 is 23.5 Å². The second-order valence-corrected chi connectivity index (χ2v) is 7.85. The van der Waals surface area contributed by atoms with Gasteiger partial charge in [0.25, 0.3) is 0 Å². The van der Waals surface area contributed by atoms with Crippen molar-refractivity contribution in [1.29, 1.82) is 0 Å². The van der Waals surface area contributed by atoms with Crippen molar-refractivity contribution in [2.45, 2.75) is 51.7 Å². The SMILES string of the molecule is CC(C)(C)OC(=O)NCC(=O)N1CCC(NC(=O)Cc2ccccc2F)CC1. The molecule has 0 bridgehead atoms. The topological polar surface area (TPSA) is 87.7 Å². The lowest BCUT2D eigenvalue weighted by Gasteiger charge is -2.32. The fourth-order valence-electron chi connectivity index (χ4n) is 2.94. The van der Waals surface area contributed by atoms with Crippen LogP contribution in [0.4, 0.5) is 9.18 Å². The Morgan fingerprint density at radius 3 is 2.43 bits per heavy atom. The number of alkyl carbamates (subject to hydrolysis) is 1. The zero-order chi connectivity index (χ0) is 20.7. The molecule has 2 N–H and O–H groups in total. The van der Waals surface area contributed by atoms with Gasteiger partial charge in [0, 0.05) is 19.1 Å². The zero-order valence-electron chi connectivity index (χ0n) is 16.6. The molecule has 1 aliphatic rings. The van der Waals surface area contributed by atoms with Gasteiger partial charge in [0.15, 0.2) is 0 Å². The van der Waals surface area contributed by atoms with E-state index in [0.717, 1.165) is 0 Å². The molecule has 8 heteroatoms. The summed E-state index contributed by atoms with van der Waals surface area (Å²) in [6.07, 6.45) is 0.588. The summed E-state index contributed by atoms with van der Waals surface area (Å²) in [4.78, 5) is 37.6. The Labute approximate surface area is 164 Å². The average molecular weight is 393 g/mol. The Kier molecular flexibility index (Phi) is 7.37. The van der Waals surface area contributed by atoms with Crippen LogP contribution in [0, 0.1) is 5.82 Å². The largest absolute Gasteiger partial charge is 0.444 e. The average Bonchev–Trinajstić information content (AvgIpc) is 2.61. The number of halogens is 1. The number of nitrogens with one attached hydrogen (secondary N) is 2. The van der Waals surface area contributed by atoms with Crippen LogP contribution in [0.5, 0.6) is 0 Å². The van der Waals surface area contributed by atoms with Crippen LogP contribution in [0.1, 0.15) is 39.2 Å². The van der Waals surface area contributed by atoms with Crippen molar-refractivity contribution in [2.24, 2.45) is 0 Å². The lowest BCUT2D eigenvalue weighted by molar-refractivity contribution is -0.131. The Bertz CT molecular complexity index is 710. The first kappa shape index (κ1) is 21.7. The lowest BCUT2D eigenvalue weighted by atomic mass is 10.0. The normalized spacial score (nSPS) is 15.1. The summed E-state index contributed by atoms with van der Waals surface area (Å²) in [5.41, 5.74) is -0.257. The fraction of sp³-hybridized carbons (Fsp3) is 0.550. The molecule has 3 amide bonds. The number of rotatable bonds is 5. The van der Waals surface area contributed by atoms with E-state index >= 15 is 0 Å². The maximum Gasteiger partial charge on any atom is 0.408 e. The number of hydrogen-bond donors (Lipinski definition) is 2. The number of piperidine rings is 1.